The van der Waals surface area contributed by atoms with Crippen molar-refractivity contribution in [1.29, 1.82) is 5.41 Å². The van der Waals surface area contributed by atoms with Crippen LogP contribution >= 0.6 is 0 Å². The number of aromatic hydroxyl groups is 1. The lowest BCUT2D eigenvalue weighted by molar-refractivity contribution is -0.195. The van der Waals surface area contributed by atoms with Crippen molar-refractivity contribution in [1.82, 2.24) is 31.2 Å². The highest BCUT2D eigenvalue weighted by Gasteiger charge is 2.56. The highest BCUT2D eigenvalue weighted by atomic mass is 16.7. The second-order valence-electron chi connectivity index (χ2n) is 29.4. The number of rotatable bonds is 23. The maximum atomic E-state index is 16.0. The molecule has 31 nitrogen and oxygen atoms in total. The van der Waals surface area contributed by atoms with Crippen LogP contribution in [0, 0.1) is 30.1 Å². The van der Waals surface area contributed by atoms with E-state index in [1.807, 2.05) is 23.1 Å². The number of carbonyl (C=O) groups is 9. The number of anilines is 3. The molecule has 0 spiro atoms. The Hall–Kier alpha value is -11.7. The van der Waals surface area contributed by atoms with E-state index in [1.54, 1.807) is 75.4 Å². The number of guanidine groups is 1. The molecule has 4 aromatic carbocycles. The summed E-state index contributed by atoms with van der Waals surface area (Å²) in [6.45, 7) is 13.0. The number of ketones is 1. The summed E-state index contributed by atoms with van der Waals surface area (Å²) < 4.78 is 44.2. The molecule has 11 atom stereocenters. The highest BCUT2D eigenvalue weighted by molar-refractivity contribution is 6.23. The Morgan fingerprint density at radius 1 is 0.839 bits per heavy atom. The van der Waals surface area contributed by atoms with Crippen LogP contribution in [0.3, 0.4) is 0 Å². The van der Waals surface area contributed by atoms with E-state index in [1.165, 1.54) is 78.4 Å². The number of benzene rings is 5. The van der Waals surface area contributed by atoms with Gasteiger partial charge in [0.1, 0.15) is 65.0 Å². The number of Topliss-reactive ketones (excluding diaryl/α,β-unsaturated/α-hetero) is 1. The van der Waals surface area contributed by atoms with Gasteiger partial charge in [0, 0.05) is 136 Å². The second kappa shape index (κ2) is 34.7. The third-order valence-electron chi connectivity index (χ3n) is 21.2. The van der Waals surface area contributed by atoms with E-state index in [4.69, 9.17) is 49.0 Å². The lowest BCUT2D eigenvalue weighted by Gasteiger charge is -2.47. The van der Waals surface area contributed by atoms with Crippen molar-refractivity contribution < 1.29 is 91.3 Å². The second-order valence-corrected chi connectivity index (χ2v) is 29.4. The third-order valence-corrected chi connectivity index (χ3v) is 21.2. The van der Waals surface area contributed by atoms with Gasteiger partial charge in [-0.25, -0.2) is 9.78 Å². The number of ether oxygens (including phenoxy) is 6. The molecule has 1 saturated heterocycles. The summed E-state index contributed by atoms with van der Waals surface area (Å²) in [6, 6.07) is 16.1. The minimum atomic E-state index is -2.12. The first-order chi connectivity index (χ1) is 53.4. The third kappa shape index (κ3) is 17.9. The van der Waals surface area contributed by atoms with Crippen LogP contribution in [0.4, 0.5) is 21.9 Å². The van der Waals surface area contributed by atoms with Crippen LogP contribution in [-0.4, -0.2) is 172 Å². The lowest BCUT2D eigenvalue weighted by atomic mass is 9.75. The van der Waals surface area contributed by atoms with Gasteiger partial charge in [-0.1, -0.05) is 87.9 Å². The normalized spacial score (nSPS) is 24.2. The van der Waals surface area contributed by atoms with Crippen LogP contribution in [0.5, 0.6) is 17.2 Å². The van der Waals surface area contributed by atoms with E-state index in [-0.39, 0.29) is 124 Å². The van der Waals surface area contributed by atoms with Crippen LogP contribution in [0.25, 0.3) is 33.3 Å². The van der Waals surface area contributed by atoms with E-state index >= 15 is 9.59 Å². The number of hydrogen-bond acceptors (Lipinski definition) is 23. The Morgan fingerprint density at radius 2 is 1.55 bits per heavy atom. The predicted octanol–water partition coefficient (Wildman–Crippen LogP) is 7.26. The van der Waals surface area contributed by atoms with Crippen LogP contribution in [0.2, 0.25) is 0 Å². The summed E-state index contributed by atoms with van der Waals surface area (Å²) in [6.07, 6.45) is 6.55. The van der Waals surface area contributed by atoms with Crippen molar-refractivity contribution in [3.63, 3.8) is 0 Å². The summed E-state index contributed by atoms with van der Waals surface area (Å²) in [4.78, 5) is 146. The summed E-state index contributed by atoms with van der Waals surface area (Å²) in [5, 5.41) is 60.9. The number of fused-ring (bicyclic) bond motifs is 8. The molecule has 4 aromatic rings. The Balaban J connectivity index is 0.798. The number of esters is 1. The Kier molecular flexibility index (Phi) is 25.2. The van der Waals surface area contributed by atoms with Gasteiger partial charge in [-0.15, -0.1) is 0 Å². The zero-order chi connectivity index (χ0) is 80.6. The van der Waals surface area contributed by atoms with Crippen LogP contribution in [-0.2, 0) is 65.5 Å². The van der Waals surface area contributed by atoms with E-state index < -0.39 is 124 Å². The molecule has 112 heavy (non-hydrogen) atoms. The smallest absolute Gasteiger partial charge is 0.407 e. The number of unbranched alkanes of at least 4 members (excludes halogenated alkanes) is 2. The van der Waals surface area contributed by atoms with Gasteiger partial charge < -0.3 is 90.7 Å². The number of alkyl carbamates (subject to hydrolysis) is 1. The quantitative estimate of drug-likeness (QED) is 0.00571. The Morgan fingerprint density at radius 3 is 2.24 bits per heavy atom. The van der Waals surface area contributed by atoms with E-state index in [0.29, 0.717) is 68.6 Å². The first-order valence-corrected chi connectivity index (χ1v) is 37.3. The van der Waals surface area contributed by atoms with Gasteiger partial charge in [0.05, 0.1) is 29.4 Å². The maximum absolute atomic E-state index is 16.0. The summed E-state index contributed by atoms with van der Waals surface area (Å²) >= 11 is 0. The van der Waals surface area contributed by atoms with E-state index in [9.17, 15) is 53.7 Å². The number of aromatic nitrogens is 1. The minimum Gasteiger partial charge on any atom is -0.505 e. The van der Waals surface area contributed by atoms with Crippen molar-refractivity contribution in [2.24, 2.45) is 23.5 Å². The number of methoxy groups -OCH3 is 1. The van der Waals surface area contributed by atoms with Gasteiger partial charge in [0.2, 0.25) is 23.2 Å². The molecule has 6 bridgehead atoms. The lowest BCUT2D eigenvalue weighted by Crippen LogP contribution is -2.62. The summed E-state index contributed by atoms with van der Waals surface area (Å²) in [7, 11) is 1.40. The molecular formula is C81H95N11O20. The van der Waals surface area contributed by atoms with Gasteiger partial charge in [0.25, 0.3) is 23.5 Å². The van der Waals surface area contributed by atoms with E-state index in [0.717, 1.165) is 10.5 Å². The number of aliphatic hydroxyl groups excluding tert-OH is 2. The predicted molar refractivity (Wildman–Crippen MR) is 412 cm³/mol. The topological polar surface area (TPSA) is 441 Å². The van der Waals surface area contributed by atoms with Gasteiger partial charge in [-0.05, 0) is 88.6 Å². The molecule has 12 N–H and O–H groups in total. The van der Waals surface area contributed by atoms with Crippen molar-refractivity contribution in [2.75, 3.05) is 48.8 Å². The molecule has 0 aromatic heterocycles. The van der Waals surface area contributed by atoms with Crippen molar-refractivity contribution in [2.45, 2.75) is 174 Å². The zero-order valence-electron chi connectivity index (χ0n) is 63.8. The number of allylic oxidation sites excluding steroid dienone is 2. The molecule has 1 unspecified atom stereocenters. The van der Waals surface area contributed by atoms with Gasteiger partial charge in [-0.3, -0.25) is 53.5 Å². The number of carbonyl (C=O) groups excluding carboxylic acids is 9. The molecule has 0 radical (unpaired) electrons. The fraction of sp³-hybridized carbons (Fsp3) is 0.432. The van der Waals surface area contributed by atoms with Crippen LogP contribution < -0.4 is 57.4 Å². The fourth-order valence-corrected chi connectivity index (χ4v) is 14.9. The molecule has 7 amide bonds. The maximum Gasteiger partial charge on any atom is 0.407 e. The molecular weight excluding hydrogens is 1450 g/mol. The summed E-state index contributed by atoms with van der Waals surface area (Å²) in [5.74, 6) is -10.8. The number of imide groups is 1. The molecule has 1 aliphatic carbocycles. The Labute approximate surface area is 645 Å². The number of nitrogens with one attached hydrogen (secondary N) is 7. The molecule has 1 fully saturated rings. The summed E-state index contributed by atoms with van der Waals surface area (Å²) in [5.41, 5.74) is 3.68. The largest absolute Gasteiger partial charge is 0.505 e. The average molecular weight is 1540 g/mol. The van der Waals surface area contributed by atoms with Gasteiger partial charge in [-0.2, -0.15) is 0 Å². The van der Waals surface area contributed by atoms with Crippen molar-refractivity contribution in [3.05, 3.63) is 147 Å². The number of phenolic OH excluding ortho intramolecular Hbond substituents is 1. The van der Waals surface area contributed by atoms with Crippen molar-refractivity contribution in [3.8, 4) is 28.7 Å². The number of nitrogens with zero attached hydrogens (tertiary/aromatic N) is 3. The standard InChI is InChI=1S/C81H95N11O20/c1-42-18-16-19-43(2)75(102)90-66-68(99)62-61(63-70-46(5)69(62)111-80(7,72(100)45(4)67(42)98)74(109-47(6)93)44(3)56(106-9)32-37-108-81(8,112-70)73(63)101)65-71(66)110-57-40-52(39-55(94)64(57)89-65)91-35-30-51(31-36-91)86-79(105)107-41-49-24-26-50(27-25-49)85-76(103)53(22-17-33-84-78(82)83)88-77(104)54(38-48-20-12-10-13-21-48)87-58(95)23-14-11-15-34-92-59(96)28-29-60(92)97/h10,12-13,16,18-21,24-29,32,37,39-40,42,44-45,51,53-54,56,67,72,74,94,98,100H,11,14-15,17,22-23,30-31,33-36,38,41H2,1-9H3,(H,85,103)(H,86,105)(H,87,95)(H,88,104)(H,90,102)(H4,82,83,84)/b18-16+,37-32+,43-19-/t42-,44+,45+,53-,54-,56-,67-,72+,74+,80?,81-/m0/s1. The molecule has 6 aliphatic heterocycles. The van der Waals surface area contributed by atoms with Crippen molar-refractivity contribution >= 4 is 98.2 Å². The average Bonchev–Trinajstić information content (AvgIpc) is 1.47. The molecule has 594 valence electrons. The fourth-order valence-electron chi connectivity index (χ4n) is 14.9. The number of amides is 7. The van der Waals surface area contributed by atoms with E-state index in [2.05, 4.69) is 31.9 Å². The molecule has 0 saturated carbocycles. The number of phenols is 1. The van der Waals surface area contributed by atoms with Gasteiger partial charge >= 0.3 is 17.8 Å². The SMILES string of the molecule is CO[C@H]1/C=C/O[C@@]2(C)Oc3c(C)c4c5c(=O)c(c6oc7cc(N8CCC(NC(=O)OCc9ccc(NC(=O)[C@H](CCCNC(=N)N)NC(=O)[C@H](Cc%10ccccc%10)NC(=O)CCCCCN%10C(=O)C=CC%10=O)cc9)CC8)cc(O)c7nc-6c5c3C2=O)NC(=O)/C(C)=C\C=C\[C@H](C)[C@H](O)[C@@H](C)[C@@H](O)C(C)(O4)[C@H](OC(C)=O)[C@@H]1C. The minimum absolute atomic E-state index is 0.0463. The van der Waals surface area contributed by atoms with Crippen LogP contribution in [0.1, 0.15) is 127 Å². The number of aliphatic hydroxyl groups is 2. The first kappa shape index (κ1) is 81.3. The highest BCUT2D eigenvalue weighted by Crippen LogP contribution is 2.53. The molecule has 31 heteroatoms. The first-order valence-electron chi connectivity index (χ1n) is 37.3. The zero-order valence-corrected chi connectivity index (χ0v) is 63.8. The van der Waals surface area contributed by atoms with Gasteiger partial charge in [0.15, 0.2) is 22.9 Å². The number of piperidine rings is 1. The molecule has 6 heterocycles. The molecule has 7 aliphatic rings. The Bertz CT molecular complexity index is 4780. The van der Waals surface area contributed by atoms with Crippen LogP contribution in [0.15, 0.2) is 124 Å². The molecule has 11 rings (SSSR count). The number of hydrogen-bond donors (Lipinski definition) is 11. The monoisotopic (exact) mass is 1540 g/mol. The number of nitrogens with two attached hydrogens (primary N) is 1.